The second-order valence-corrected chi connectivity index (χ2v) is 8.87. The molecule has 1 N–H and O–H groups in total. The fourth-order valence-electron chi connectivity index (χ4n) is 2.99. The van der Waals surface area contributed by atoms with Crippen molar-refractivity contribution < 1.29 is 9.53 Å². The van der Waals surface area contributed by atoms with E-state index in [0.29, 0.717) is 32.1 Å². The van der Waals surface area contributed by atoms with Gasteiger partial charge in [-0.2, -0.15) is 0 Å². The zero-order valence-electron chi connectivity index (χ0n) is 16.3. The van der Waals surface area contributed by atoms with Gasteiger partial charge in [0.2, 0.25) is 0 Å². The van der Waals surface area contributed by atoms with Crippen LogP contribution in [0, 0.1) is 13.8 Å². The van der Waals surface area contributed by atoms with Gasteiger partial charge in [0.15, 0.2) is 4.96 Å². The van der Waals surface area contributed by atoms with Crippen LogP contribution in [-0.4, -0.2) is 15.3 Å². The molecule has 1 amide bonds. The van der Waals surface area contributed by atoms with E-state index >= 15 is 0 Å². The Morgan fingerprint density at radius 2 is 2.00 bits per heavy atom. The molecular weight excluding hydrogens is 466 g/mol. The van der Waals surface area contributed by atoms with Crippen molar-refractivity contribution in [3.05, 3.63) is 91.3 Å². The topological polar surface area (TPSA) is 72.7 Å². The van der Waals surface area contributed by atoms with Crippen molar-refractivity contribution in [3.8, 4) is 5.75 Å². The molecule has 0 aliphatic rings. The molecule has 0 saturated carbocycles. The molecule has 2 heterocycles. The molecule has 2 aromatic carbocycles. The van der Waals surface area contributed by atoms with Gasteiger partial charge in [0, 0.05) is 21.6 Å². The van der Waals surface area contributed by atoms with E-state index in [1.807, 2.05) is 38.1 Å². The molecule has 152 valence electrons. The van der Waals surface area contributed by atoms with Gasteiger partial charge in [-0.05, 0) is 59.6 Å². The average molecular weight is 484 g/mol. The largest absolute Gasteiger partial charge is 0.485 e. The smallest absolute Gasteiger partial charge is 0.258 e. The molecule has 0 spiro atoms. The lowest BCUT2D eigenvalue weighted by atomic mass is 10.1. The molecule has 0 atom stereocenters. The summed E-state index contributed by atoms with van der Waals surface area (Å²) >= 11 is 4.85. The van der Waals surface area contributed by atoms with Crippen LogP contribution in [0.3, 0.4) is 0 Å². The van der Waals surface area contributed by atoms with Gasteiger partial charge in [0.05, 0.1) is 16.9 Å². The Hall–Kier alpha value is -2.97. The maximum absolute atomic E-state index is 12.7. The highest BCUT2D eigenvalue weighted by Crippen LogP contribution is 2.28. The average Bonchev–Trinajstić information content (AvgIpc) is 3.08. The number of hydrogen-bond donors (Lipinski definition) is 1. The second-order valence-electron chi connectivity index (χ2n) is 6.80. The van der Waals surface area contributed by atoms with Crippen LogP contribution in [-0.2, 0) is 6.61 Å². The van der Waals surface area contributed by atoms with E-state index < -0.39 is 0 Å². The van der Waals surface area contributed by atoms with Crippen molar-refractivity contribution in [2.24, 2.45) is 0 Å². The molecular formula is C22H18BrN3O3S. The summed E-state index contributed by atoms with van der Waals surface area (Å²) in [6.45, 7) is 3.98. The number of thiazole rings is 1. The molecule has 4 aromatic rings. The SMILES string of the molecule is Cc1ccc(OCc2cc(=O)n3cc(C)sc3n2)c(NC(=O)c2ccccc2Br)c1. The third-order valence-electron chi connectivity index (χ3n) is 4.41. The van der Waals surface area contributed by atoms with E-state index in [4.69, 9.17) is 4.74 Å². The van der Waals surface area contributed by atoms with Crippen molar-refractivity contribution in [1.82, 2.24) is 9.38 Å². The van der Waals surface area contributed by atoms with Crippen molar-refractivity contribution in [3.63, 3.8) is 0 Å². The lowest BCUT2D eigenvalue weighted by Crippen LogP contribution is -2.15. The number of amides is 1. The Kier molecular flexibility index (Phi) is 5.69. The first-order valence-electron chi connectivity index (χ1n) is 9.19. The molecule has 30 heavy (non-hydrogen) atoms. The van der Waals surface area contributed by atoms with Gasteiger partial charge < -0.3 is 10.1 Å². The van der Waals surface area contributed by atoms with Crippen molar-refractivity contribution in [2.45, 2.75) is 20.5 Å². The maximum atomic E-state index is 12.7. The van der Waals surface area contributed by atoms with Crippen molar-refractivity contribution >= 4 is 43.8 Å². The number of aromatic nitrogens is 2. The van der Waals surface area contributed by atoms with Crippen LogP contribution in [0.4, 0.5) is 5.69 Å². The third kappa shape index (κ3) is 4.29. The first-order valence-corrected chi connectivity index (χ1v) is 10.8. The Morgan fingerprint density at radius 1 is 1.20 bits per heavy atom. The zero-order valence-corrected chi connectivity index (χ0v) is 18.7. The fraction of sp³-hybridized carbons (Fsp3) is 0.136. The minimum absolute atomic E-state index is 0.115. The van der Waals surface area contributed by atoms with Crippen LogP contribution in [0.2, 0.25) is 0 Å². The Bertz CT molecular complexity index is 1310. The fourth-order valence-corrected chi connectivity index (χ4v) is 4.30. The van der Waals surface area contributed by atoms with Gasteiger partial charge in [-0.15, -0.1) is 11.3 Å². The number of halogens is 1. The van der Waals surface area contributed by atoms with E-state index in [0.717, 1.165) is 10.4 Å². The molecule has 8 heteroatoms. The van der Waals surface area contributed by atoms with E-state index in [-0.39, 0.29) is 18.1 Å². The summed E-state index contributed by atoms with van der Waals surface area (Å²) in [5.74, 6) is 0.259. The highest BCUT2D eigenvalue weighted by molar-refractivity contribution is 9.10. The maximum Gasteiger partial charge on any atom is 0.258 e. The monoisotopic (exact) mass is 483 g/mol. The van der Waals surface area contributed by atoms with E-state index in [9.17, 15) is 9.59 Å². The number of carbonyl (C=O) groups excluding carboxylic acids is 1. The van der Waals surface area contributed by atoms with Crippen LogP contribution in [0.1, 0.15) is 26.5 Å². The minimum Gasteiger partial charge on any atom is -0.485 e. The number of fused-ring (bicyclic) bond motifs is 1. The summed E-state index contributed by atoms with van der Waals surface area (Å²) in [7, 11) is 0. The summed E-state index contributed by atoms with van der Waals surface area (Å²) in [4.78, 5) is 31.1. The number of carbonyl (C=O) groups is 1. The Labute approximate surface area is 185 Å². The number of ether oxygens (including phenoxy) is 1. The molecule has 0 aliphatic carbocycles. The molecule has 2 aromatic heterocycles. The molecule has 4 rings (SSSR count). The van der Waals surface area contributed by atoms with Gasteiger partial charge >= 0.3 is 0 Å². The Morgan fingerprint density at radius 3 is 2.80 bits per heavy atom. The standard InChI is InChI=1S/C22H18BrN3O3S/c1-13-7-8-19(18(9-13)25-21(28)16-5-3-4-6-17(16)23)29-12-15-10-20(27)26-11-14(2)30-22(26)24-15/h3-11H,12H2,1-2H3,(H,25,28). The van der Waals surface area contributed by atoms with Crippen LogP contribution in [0.15, 0.2) is 64.0 Å². The van der Waals surface area contributed by atoms with Gasteiger partial charge in [-0.25, -0.2) is 4.98 Å². The summed E-state index contributed by atoms with van der Waals surface area (Å²) in [5, 5.41) is 2.91. The molecule has 0 fully saturated rings. The minimum atomic E-state index is -0.246. The predicted molar refractivity (Wildman–Crippen MR) is 122 cm³/mol. The predicted octanol–water partition coefficient (Wildman–Crippen LogP) is 4.97. The number of nitrogens with one attached hydrogen (secondary N) is 1. The molecule has 0 aliphatic heterocycles. The summed E-state index contributed by atoms with van der Waals surface area (Å²) in [6, 6.07) is 14.2. The zero-order chi connectivity index (χ0) is 21.3. The first-order chi connectivity index (χ1) is 14.4. The van der Waals surface area contributed by atoms with Gasteiger partial charge in [0.1, 0.15) is 12.4 Å². The lowest BCUT2D eigenvalue weighted by molar-refractivity contribution is 0.102. The highest BCUT2D eigenvalue weighted by atomic mass is 79.9. The van der Waals surface area contributed by atoms with Crippen LogP contribution in [0.5, 0.6) is 5.75 Å². The number of hydrogen-bond acceptors (Lipinski definition) is 5. The normalized spacial score (nSPS) is 10.9. The van der Waals surface area contributed by atoms with Gasteiger partial charge in [0.25, 0.3) is 11.5 Å². The number of aryl methyl sites for hydroxylation is 2. The third-order valence-corrected chi connectivity index (χ3v) is 6.00. The first kappa shape index (κ1) is 20.3. The van der Waals surface area contributed by atoms with E-state index in [1.54, 1.807) is 24.4 Å². The summed E-state index contributed by atoms with van der Waals surface area (Å²) in [5.41, 5.74) is 2.45. The van der Waals surface area contributed by atoms with Gasteiger partial charge in [-0.3, -0.25) is 14.0 Å². The van der Waals surface area contributed by atoms with Crippen LogP contribution in [0.25, 0.3) is 4.96 Å². The summed E-state index contributed by atoms with van der Waals surface area (Å²) in [6.07, 6.45) is 1.77. The number of anilines is 1. The van der Waals surface area contributed by atoms with Gasteiger partial charge in [-0.1, -0.05) is 18.2 Å². The summed E-state index contributed by atoms with van der Waals surface area (Å²) < 4.78 is 8.16. The number of benzene rings is 2. The second kappa shape index (κ2) is 8.41. The van der Waals surface area contributed by atoms with Crippen molar-refractivity contribution in [2.75, 3.05) is 5.32 Å². The van der Waals surface area contributed by atoms with E-state index in [1.165, 1.54) is 21.8 Å². The van der Waals surface area contributed by atoms with Crippen molar-refractivity contribution in [1.29, 1.82) is 0 Å². The van der Waals surface area contributed by atoms with E-state index in [2.05, 4.69) is 26.2 Å². The quantitative estimate of drug-likeness (QED) is 0.435. The number of nitrogens with zero attached hydrogens (tertiary/aromatic N) is 2. The molecule has 0 radical (unpaired) electrons. The highest BCUT2D eigenvalue weighted by Gasteiger charge is 2.14. The Balaban J connectivity index is 1.57. The van der Waals surface area contributed by atoms with Crippen LogP contribution < -0.4 is 15.6 Å². The molecule has 0 saturated heterocycles. The van der Waals surface area contributed by atoms with Crippen LogP contribution >= 0.6 is 27.3 Å². The number of rotatable bonds is 5. The molecule has 0 bridgehead atoms. The molecule has 0 unspecified atom stereocenters. The lowest BCUT2D eigenvalue weighted by Gasteiger charge is -2.14. The molecule has 6 nitrogen and oxygen atoms in total.